The third-order valence-corrected chi connectivity index (χ3v) is 3.22. The molecular weight excluding hydrogens is 245 g/mol. The second kappa shape index (κ2) is 7.58. The Morgan fingerprint density at radius 2 is 2.00 bits per heavy atom. The average molecular weight is 269 g/mol. The van der Waals surface area contributed by atoms with Crippen LogP contribution in [0.2, 0.25) is 0 Å². The van der Waals surface area contributed by atoms with Gasteiger partial charge in [-0.25, -0.2) is 4.39 Å². The summed E-state index contributed by atoms with van der Waals surface area (Å²) in [6.45, 7) is 5.44. The first-order chi connectivity index (χ1) is 8.96. The molecule has 0 amide bonds. The van der Waals surface area contributed by atoms with Crippen LogP contribution >= 0.6 is 0 Å². The van der Waals surface area contributed by atoms with Gasteiger partial charge in [0.15, 0.2) is 0 Å². The molecule has 0 aliphatic carbocycles. The van der Waals surface area contributed by atoms with Gasteiger partial charge >= 0.3 is 0 Å². The van der Waals surface area contributed by atoms with Gasteiger partial charge in [-0.3, -0.25) is 0 Å². The molecule has 0 saturated heterocycles. The maximum atomic E-state index is 13.5. The molecule has 3 nitrogen and oxygen atoms in total. The van der Waals surface area contributed by atoms with Crippen molar-refractivity contribution in [3.63, 3.8) is 0 Å². The number of rotatable bonds is 8. The minimum atomic E-state index is -0.838. The van der Waals surface area contributed by atoms with E-state index in [9.17, 15) is 9.50 Å². The van der Waals surface area contributed by atoms with Crippen LogP contribution in [0.3, 0.4) is 0 Å². The molecular formula is C15H24FNO2. The Kier molecular flexibility index (Phi) is 6.42. The number of nitrogens with one attached hydrogen (secondary N) is 1. The van der Waals surface area contributed by atoms with Crippen LogP contribution in [0, 0.1) is 11.2 Å². The van der Waals surface area contributed by atoms with Crippen molar-refractivity contribution < 1.29 is 14.6 Å². The van der Waals surface area contributed by atoms with Crippen LogP contribution in [0.15, 0.2) is 24.3 Å². The molecule has 0 aromatic heterocycles. The molecule has 1 aromatic rings. The molecule has 19 heavy (non-hydrogen) atoms. The third-order valence-electron chi connectivity index (χ3n) is 3.22. The number of aliphatic hydroxyl groups is 2. The fourth-order valence-corrected chi connectivity index (χ4v) is 2.05. The molecule has 4 heteroatoms. The van der Waals surface area contributed by atoms with Gasteiger partial charge in [-0.15, -0.1) is 0 Å². The van der Waals surface area contributed by atoms with E-state index in [0.717, 1.165) is 19.4 Å². The lowest BCUT2D eigenvalue weighted by Crippen LogP contribution is -2.32. The highest BCUT2D eigenvalue weighted by Crippen LogP contribution is 2.21. The number of aliphatic hydroxyl groups excluding tert-OH is 2. The van der Waals surface area contributed by atoms with Crippen molar-refractivity contribution in [2.45, 2.75) is 32.8 Å². The van der Waals surface area contributed by atoms with E-state index in [2.05, 4.69) is 19.2 Å². The van der Waals surface area contributed by atoms with Crippen LogP contribution < -0.4 is 5.32 Å². The van der Waals surface area contributed by atoms with Gasteiger partial charge in [0.25, 0.3) is 0 Å². The van der Waals surface area contributed by atoms with Gasteiger partial charge in [0.1, 0.15) is 5.82 Å². The summed E-state index contributed by atoms with van der Waals surface area (Å²) in [5, 5.41) is 21.9. The van der Waals surface area contributed by atoms with E-state index in [1.807, 2.05) is 0 Å². The predicted molar refractivity (Wildman–Crippen MR) is 74.3 cm³/mol. The number of hydrogen-bond acceptors (Lipinski definition) is 3. The number of hydrogen-bond donors (Lipinski definition) is 3. The van der Waals surface area contributed by atoms with Crippen LogP contribution in [0.1, 0.15) is 38.4 Å². The van der Waals surface area contributed by atoms with Crippen molar-refractivity contribution in [2.75, 3.05) is 19.7 Å². The molecule has 0 spiro atoms. The first-order valence-electron chi connectivity index (χ1n) is 6.70. The van der Waals surface area contributed by atoms with Crippen molar-refractivity contribution in [2.24, 2.45) is 5.41 Å². The molecule has 0 saturated carbocycles. The molecule has 0 radical (unpaired) electrons. The lowest BCUT2D eigenvalue weighted by atomic mass is 9.88. The van der Waals surface area contributed by atoms with Crippen LogP contribution in [0.4, 0.5) is 4.39 Å². The SMILES string of the molecule is CC(C)(CCCO)CNCC(O)c1ccccc1F. The van der Waals surface area contributed by atoms with Gasteiger partial charge in [-0.1, -0.05) is 32.0 Å². The zero-order valence-electron chi connectivity index (χ0n) is 11.7. The first kappa shape index (κ1) is 16.1. The average Bonchev–Trinajstić information content (AvgIpc) is 2.36. The standard InChI is InChI=1S/C15H24FNO2/c1-15(2,8-5-9-18)11-17-10-14(19)12-6-3-4-7-13(12)16/h3-4,6-7,14,17-19H,5,8-11H2,1-2H3. The lowest BCUT2D eigenvalue weighted by Gasteiger charge is -2.25. The Balaban J connectivity index is 2.39. The molecule has 3 N–H and O–H groups in total. The fraction of sp³-hybridized carbons (Fsp3) is 0.600. The summed E-state index contributed by atoms with van der Waals surface area (Å²) in [6.07, 6.45) is 0.839. The maximum absolute atomic E-state index is 13.5. The van der Waals surface area contributed by atoms with Gasteiger partial charge in [0.2, 0.25) is 0 Å². The molecule has 1 rings (SSSR count). The summed E-state index contributed by atoms with van der Waals surface area (Å²) in [4.78, 5) is 0. The minimum Gasteiger partial charge on any atom is -0.396 e. The largest absolute Gasteiger partial charge is 0.396 e. The quantitative estimate of drug-likeness (QED) is 0.678. The second-order valence-electron chi connectivity index (χ2n) is 5.66. The van der Waals surface area contributed by atoms with E-state index in [1.165, 1.54) is 6.07 Å². The summed E-state index contributed by atoms with van der Waals surface area (Å²) in [6, 6.07) is 6.27. The molecule has 0 heterocycles. The summed E-state index contributed by atoms with van der Waals surface area (Å²) < 4.78 is 13.5. The lowest BCUT2D eigenvalue weighted by molar-refractivity contribution is 0.161. The normalized spacial score (nSPS) is 13.5. The monoisotopic (exact) mass is 269 g/mol. The Morgan fingerprint density at radius 1 is 1.32 bits per heavy atom. The van der Waals surface area contributed by atoms with E-state index < -0.39 is 6.10 Å². The second-order valence-corrected chi connectivity index (χ2v) is 5.66. The van der Waals surface area contributed by atoms with Gasteiger partial charge < -0.3 is 15.5 Å². The summed E-state index contributed by atoms with van der Waals surface area (Å²) in [5.74, 6) is -0.378. The highest BCUT2D eigenvalue weighted by molar-refractivity contribution is 5.19. The molecule has 0 aliphatic rings. The van der Waals surface area contributed by atoms with E-state index in [0.29, 0.717) is 12.1 Å². The highest BCUT2D eigenvalue weighted by Gasteiger charge is 2.18. The summed E-state index contributed by atoms with van der Waals surface area (Å²) >= 11 is 0. The van der Waals surface area contributed by atoms with Crippen molar-refractivity contribution in [1.82, 2.24) is 5.32 Å². The number of benzene rings is 1. The first-order valence-corrected chi connectivity index (χ1v) is 6.70. The Morgan fingerprint density at radius 3 is 2.63 bits per heavy atom. The van der Waals surface area contributed by atoms with Crippen LogP contribution in [0.5, 0.6) is 0 Å². The molecule has 0 fully saturated rings. The number of halogens is 1. The molecule has 1 atom stereocenters. The maximum Gasteiger partial charge on any atom is 0.129 e. The van der Waals surface area contributed by atoms with Crippen molar-refractivity contribution in [3.8, 4) is 0 Å². The van der Waals surface area contributed by atoms with Crippen molar-refractivity contribution in [1.29, 1.82) is 0 Å². The minimum absolute atomic E-state index is 0.0533. The van der Waals surface area contributed by atoms with Gasteiger partial charge in [0.05, 0.1) is 6.10 Å². The predicted octanol–water partition coefficient (Wildman–Crippen LogP) is 2.25. The molecule has 108 valence electrons. The van der Waals surface area contributed by atoms with Crippen LogP contribution in [0.25, 0.3) is 0 Å². The topological polar surface area (TPSA) is 52.5 Å². The van der Waals surface area contributed by atoms with E-state index in [1.54, 1.807) is 18.2 Å². The van der Waals surface area contributed by atoms with Crippen LogP contribution in [-0.4, -0.2) is 29.9 Å². The van der Waals surface area contributed by atoms with E-state index in [4.69, 9.17) is 5.11 Å². The van der Waals surface area contributed by atoms with Gasteiger partial charge in [-0.05, 0) is 24.3 Å². The molecule has 0 aliphatic heterocycles. The zero-order chi connectivity index (χ0) is 14.3. The van der Waals surface area contributed by atoms with Crippen LogP contribution in [-0.2, 0) is 0 Å². The van der Waals surface area contributed by atoms with Gasteiger partial charge in [-0.2, -0.15) is 0 Å². The molecule has 1 aromatic carbocycles. The van der Waals surface area contributed by atoms with Crippen molar-refractivity contribution >= 4 is 0 Å². The van der Waals surface area contributed by atoms with Crippen molar-refractivity contribution in [3.05, 3.63) is 35.6 Å². The van der Waals surface area contributed by atoms with Gasteiger partial charge in [0, 0.05) is 25.3 Å². The van der Waals surface area contributed by atoms with E-state index in [-0.39, 0.29) is 17.8 Å². The fourth-order valence-electron chi connectivity index (χ4n) is 2.05. The Bertz CT molecular complexity index is 382. The molecule has 1 unspecified atom stereocenters. The summed E-state index contributed by atoms with van der Waals surface area (Å²) in [7, 11) is 0. The Hall–Kier alpha value is -0.970. The zero-order valence-corrected chi connectivity index (χ0v) is 11.7. The smallest absolute Gasteiger partial charge is 0.129 e. The summed E-state index contributed by atoms with van der Waals surface area (Å²) in [5.41, 5.74) is 0.376. The highest BCUT2D eigenvalue weighted by atomic mass is 19.1. The van der Waals surface area contributed by atoms with E-state index >= 15 is 0 Å². The molecule has 0 bridgehead atoms. The third kappa shape index (κ3) is 5.68. The Labute approximate surface area is 114 Å².